The minimum Gasteiger partial charge on any atom is -0.477 e. The van der Waals surface area contributed by atoms with Crippen LogP contribution < -0.4 is 0 Å². The molecule has 0 fully saturated rings. The fourth-order valence-electron chi connectivity index (χ4n) is 1.90. The molecule has 0 unspecified atom stereocenters. The first-order valence-electron chi connectivity index (χ1n) is 5.91. The zero-order valence-corrected chi connectivity index (χ0v) is 12.0. The Bertz CT molecular complexity index is 653. The monoisotopic (exact) mass is 297 g/mol. The smallest absolute Gasteiger partial charge is 0.341 e. The van der Waals surface area contributed by atoms with Gasteiger partial charge in [0.05, 0.1) is 10.6 Å². The van der Waals surface area contributed by atoms with E-state index in [0.717, 1.165) is 0 Å². The van der Waals surface area contributed by atoms with Crippen LogP contribution in [0.4, 0.5) is 4.39 Å². The van der Waals surface area contributed by atoms with E-state index in [0.29, 0.717) is 0 Å². The summed E-state index contributed by atoms with van der Waals surface area (Å²) in [5.74, 6) is -1.70. The van der Waals surface area contributed by atoms with Crippen molar-refractivity contribution in [3.63, 3.8) is 0 Å². The highest BCUT2D eigenvalue weighted by Gasteiger charge is 2.32. The largest absolute Gasteiger partial charge is 0.477 e. The average Bonchev–Trinajstić information content (AvgIpc) is 2.73. The van der Waals surface area contributed by atoms with Crippen molar-refractivity contribution in [1.29, 1.82) is 0 Å². The van der Waals surface area contributed by atoms with Crippen molar-refractivity contribution in [3.05, 3.63) is 40.4 Å². The molecule has 0 bridgehead atoms. The lowest BCUT2D eigenvalue weighted by atomic mass is 9.89. The average molecular weight is 298 g/mol. The summed E-state index contributed by atoms with van der Waals surface area (Å²) in [5, 5.41) is 13.2. The van der Waals surface area contributed by atoms with Gasteiger partial charge >= 0.3 is 5.97 Å². The van der Waals surface area contributed by atoms with E-state index < -0.39 is 17.2 Å². The molecule has 0 aliphatic carbocycles. The van der Waals surface area contributed by atoms with Crippen LogP contribution >= 0.6 is 11.6 Å². The molecular formula is C14H13ClFNO3. The van der Waals surface area contributed by atoms with E-state index in [9.17, 15) is 14.3 Å². The first-order valence-corrected chi connectivity index (χ1v) is 6.29. The zero-order chi connectivity index (χ0) is 15.1. The van der Waals surface area contributed by atoms with Crippen LogP contribution in [0.3, 0.4) is 0 Å². The summed E-state index contributed by atoms with van der Waals surface area (Å²) >= 11 is 5.95. The van der Waals surface area contributed by atoms with Crippen molar-refractivity contribution in [2.75, 3.05) is 0 Å². The normalized spacial score (nSPS) is 11.7. The number of nitrogens with zero attached hydrogens (tertiary/aromatic N) is 1. The van der Waals surface area contributed by atoms with Crippen LogP contribution in [0.25, 0.3) is 11.3 Å². The van der Waals surface area contributed by atoms with Crippen LogP contribution in [0.2, 0.25) is 5.02 Å². The number of aromatic carboxylic acids is 1. The van der Waals surface area contributed by atoms with Gasteiger partial charge in [-0.15, -0.1) is 0 Å². The molecule has 1 N–H and O–H groups in total. The SMILES string of the molecule is CC(C)(C)c1onc(-c2c(F)cccc2Cl)c1C(=O)O. The Balaban J connectivity index is 2.77. The second-order valence-electron chi connectivity index (χ2n) is 5.39. The minimum atomic E-state index is -1.23. The summed E-state index contributed by atoms with van der Waals surface area (Å²) in [6.45, 7) is 5.35. The Kier molecular flexibility index (Phi) is 3.56. The van der Waals surface area contributed by atoms with Crippen molar-refractivity contribution >= 4 is 17.6 Å². The third-order valence-electron chi connectivity index (χ3n) is 2.79. The maximum absolute atomic E-state index is 13.9. The first-order chi connectivity index (χ1) is 9.23. The standard InChI is InChI=1S/C14H13ClFNO3/c1-14(2,3)12-10(13(18)19)11(17-20-12)9-7(15)5-4-6-8(9)16/h4-6H,1-3H3,(H,18,19). The number of aromatic nitrogens is 1. The lowest BCUT2D eigenvalue weighted by Gasteiger charge is -2.14. The molecule has 0 atom stereocenters. The molecule has 2 aromatic rings. The van der Waals surface area contributed by atoms with Gasteiger partial charge in [-0.25, -0.2) is 9.18 Å². The number of carboxylic acid groups (broad SMARTS) is 1. The van der Waals surface area contributed by atoms with Gasteiger partial charge in [0.25, 0.3) is 0 Å². The van der Waals surface area contributed by atoms with Gasteiger partial charge in [0, 0.05) is 5.41 Å². The Morgan fingerprint density at radius 3 is 2.55 bits per heavy atom. The van der Waals surface area contributed by atoms with E-state index in [1.54, 1.807) is 20.8 Å². The van der Waals surface area contributed by atoms with Crippen molar-refractivity contribution in [3.8, 4) is 11.3 Å². The molecule has 6 heteroatoms. The number of hydrogen-bond acceptors (Lipinski definition) is 3. The molecule has 1 heterocycles. The molecule has 0 aliphatic rings. The van der Waals surface area contributed by atoms with Gasteiger partial charge in [-0.3, -0.25) is 0 Å². The molecule has 0 spiro atoms. The summed E-state index contributed by atoms with van der Waals surface area (Å²) < 4.78 is 19.1. The zero-order valence-electron chi connectivity index (χ0n) is 11.2. The Morgan fingerprint density at radius 2 is 2.05 bits per heavy atom. The second kappa shape index (κ2) is 4.90. The third-order valence-corrected chi connectivity index (χ3v) is 3.10. The van der Waals surface area contributed by atoms with Crippen LogP contribution in [0.5, 0.6) is 0 Å². The number of halogens is 2. The summed E-state index contributed by atoms with van der Waals surface area (Å²) in [6, 6.07) is 4.10. The van der Waals surface area contributed by atoms with Gasteiger partial charge in [-0.1, -0.05) is 43.6 Å². The van der Waals surface area contributed by atoms with Crippen LogP contribution in [0.15, 0.2) is 22.7 Å². The number of hydrogen-bond donors (Lipinski definition) is 1. The fraction of sp³-hybridized carbons (Fsp3) is 0.286. The molecule has 106 valence electrons. The van der Waals surface area contributed by atoms with E-state index in [-0.39, 0.29) is 27.6 Å². The van der Waals surface area contributed by atoms with Gasteiger partial charge in [0.1, 0.15) is 17.1 Å². The Hall–Kier alpha value is -1.88. The van der Waals surface area contributed by atoms with Crippen LogP contribution in [-0.2, 0) is 5.41 Å². The minimum absolute atomic E-state index is 0.0641. The van der Waals surface area contributed by atoms with Crippen LogP contribution in [-0.4, -0.2) is 16.2 Å². The molecule has 1 aromatic carbocycles. The molecule has 0 saturated carbocycles. The molecule has 2 rings (SSSR count). The summed E-state index contributed by atoms with van der Waals surface area (Å²) in [5.41, 5.74) is -0.891. The molecular weight excluding hydrogens is 285 g/mol. The van der Waals surface area contributed by atoms with E-state index >= 15 is 0 Å². The van der Waals surface area contributed by atoms with Crippen molar-refractivity contribution in [2.24, 2.45) is 0 Å². The van der Waals surface area contributed by atoms with Crippen molar-refractivity contribution in [1.82, 2.24) is 5.16 Å². The Labute approximate surface area is 120 Å². The fourth-order valence-corrected chi connectivity index (χ4v) is 2.15. The summed E-state index contributed by atoms with van der Waals surface area (Å²) in [7, 11) is 0. The third kappa shape index (κ3) is 2.41. The first kappa shape index (κ1) is 14.5. The van der Waals surface area contributed by atoms with Crippen LogP contribution in [0, 0.1) is 5.82 Å². The number of carboxylic acids is 1. The molecule has 0 aliphatic heterocycles. The lowest BCUT2D eigenvalue weighted by Crippen LogP contribution is -2.15. The van der Waals surface area contributed by atoms with Crippen molar-refractivity contribution in [2.45, 2.75) is 26.2 Å². The topological polar surface area (TPSA) is 63.3 Å². The van der Waals surface area contributed by atoms with E-state index in [1.807, 2.05) is 0 Å². The number of rotatable bonds is 2. The maximum Gasteiger partial charge on any atom is 0.341 e. The number of carbonyl (C=O) groups is 1. The molecule has 1 aromatic heterocycles. The highest BCUT2D eigenvalue weighted by molar-refractivity contribution is 6.33. The lowest BCUT2D eigenvalue weighted by molar-refractivity contribution is 0.0693. The molecule has 0 radical (unpaired) electrons. The molecule has 0 saturated heterocycles. The predicted octanol–water partition coefficient (Wildman–Crippen LogP) is 4.13. The highest BCUT2D eigenvalue weighted by Crippen LogP contribution is 2.37. The van der Waals surface area contributed by atoms with E-state index in [1.165, 1.54) is 18.2 Å². The quantitative estimate of drug-likeness (QED) is 0.905. The van der Waals surface area contributed by atoms with Gasteiger partial charge in [-0.2, -0.15) is 0 Å². The predicted molar refractivity (Wildman–Crippen MR) is 72.6 cm³/mol. The van der Waals surface area contributed by atoms with Gasteiger partial charge in [0.15, 0.2) is 5.76 Å². The maximum atomic E-state index is 13.9. The highest BCUT2D eigenvalue weighted by atomic mass is 35.5. The molecule has 0 amide bonds. The van der Waals surface area contributed by atoms with Crippen LogP contribution in [0.1, 0.15) is 36.9 Å². The van der Waals surface area contributed by atoms with E-state index in [2.05, 4.69) is 5.16 Å². The summed E-state index contributed by atoms with van der Waals surface area (Å²) in [6.07, 6.45) is 0. The molecule has 20 heavy (non-hydrogen) atoms. The number of benzene rings is 1. The second-order valence-corrected chi connectivity index (χ2v) is 5.79. The summed E-state index contributed by atoms with van der Waals surface area (Å²) in [4.78, 5) is 11.5. The van der Waals surface area contributed by atoms with Gasteiger partial charge in [-0.05, 0) is 12.1 Å². The van der Waals surface area contributed by atoms with E-state index in [4.69, 9.17) is 16.1 Å². The van der Waals surface area contributed by atoms with Gasteiger partial charge < -0.3 is 9.63 Å². The molecule has 4 nitrogen and oxygen atoms in total. The van der Waals surface area contributed by atoms with Crippen molar-refractivity contribution < 1.29 is 18.8 Å². The van der Waals surface area contributed by atoms with Gasteiger partial charge in [0.2, 0.25) is 0 Å². The Morgan fingerprint density at radius 1 is 1.40 bits per heavy atom.